The first kappa shape index (κ1) is 14.6. The minimum Gasteiger partial charge on any atom is -0.396 e. The summed E-state index contributed by atoms with van der Waals surface area (Å²) in [4.78, 5) is 11.9. The minimum absolute atomic E-state index is 0.274. The van der Waals surface area contributed by atoms with Crippen LogP contribution >= 0.6 is 0 Å². The van der Waals surface area contributed by atoms with Gasteiger partial charge in [0.25, 0.3) is 0 Å². The Kier molecular flexibility index (Phi) is 4.29. The molecule has 2 aliphatic rings. The molecule has 0 spiro atoms. The van der Waals surface area contributed by atoms with E-state index in [2.05, 4.69) is 24.1 Å². The number of nitrogens with one attached hydrogen (secondary N) is 1. The lowest BCUT2D eigenvalue weighted by Crippen LogP contribution is -2.38. The number of piperidine rings is 1. The van der Waals surface area contributed by atoms with Crippen LogP contribution in [-0.2, 0) is 0 Å². The van der Waals surface area contributed by atoms with Crippen LogP contribution in [-0.4, -0.2) is 41.3 Å². The second kappa shape index (κ2) is 6.18. The molecule has 5 nitrogen and oxygen atoms in total. The van der Waals surface area contributed by atoms with E-state index in [1.807, 2.05) is 0 Å². The van der Waals surface area contributed by atoms with Crippen LogP contribution < -0.4 is 10.2 Å². The fourth-order valence-electron chi connectivity index (χ4n) is 3.10. The zero-order valence-corrected chi connectivity index (χ0v) is 13.1. The summed E-state index contributed by atoms with van der Waals surface area (Å²) in [5.41, 5.74) is 1.14. The summed E-state index contributed by atoms with van der Waals surface area (Å²) in [5, 5.41) is 12.8. The average molecular weight is 290 g/mol. The zero-order chi connectivity index (χ0) is 14.8. The van der Waals surface area contributed by atoms with E-state index in [0.717, 1.165) is 55.5 Å². The van der Waals surface area contributed by atoms with Crippen molar-refractivity contribution < 1.29 is 5.11 Å². The SMILES string of the molecule is CCNc1nc(C2CC2)nc(N2CCCC(CO)C2)c1C. The lowest BCUT2D eigenvalue weighted by molar-refractivity contribution is 0.208. The molecule has 1 aromatic heterocycles. The van der Waals surface area contributed by atoms with Crippen LogP contribution in [0.3, 0.4) is 0 Å². The summed E-state index contributed by atoms with van der Waals surface area (Å²) in [5.74, 6) is 3.98. The van der Waals surface area contributed by atoms with Crippen molar-refractivity contribution in [1.82, 2.24) is 9.97 Å². The summed E-state index contributed by atoms with van der Waals surface area (Å²) in [6, 6.07) is 0. The first-order chi connectivity index (χ1) is 10.2. The number of aliphatic hydroxyl groups excluding tert-OH is 1. The monoisotopic (exact) mass is 290 g/mol. The number of nitrogens with zero attached hydrogens (tertiary/aromatic N) is 3. The number of anilines is 2. The molecule has 2 heterocycles. The second-order valence-electron chi connectivity index (χ2n) is 6.32. The van der Waals surface area contributed by atoms with Crippen molar-refractivity contribution in [2.45, 2.75) is 45.4 Å². The highest BCUT2D eigenvalue weighted by Gasteiger charge is 2.30. The largest absolute Gasteiger partial charge is 0.396 e. The van der Waals surface area contributed by atoms with Crippen molar-refractivity contribution in [2.24, 2.45) is 5.92 Å². The average Bonchev–Trinajstić information content (AvgIpc) is 3.34. The van der Waals surface area contributed by atoms with Gasteiger partial charge in [-0.25, -0.2) is 9.97 Å². The first-order valence-corrected chi connectivity index (χ1v) is 8.21. The Balaban J connectivity index is 1.91. The highest BCUT2D eigenvalue weighted by Crippen LogP contribution is 2.40. The van der Waals surface area contributed by atoms with E-state index in [-0.39, 0.29) is 6.61 Å². The predicted molar refractivity (Wildman–Crippen MR) is 84.9 cm³/mol. The Hall–Kier alpha value is -1.36. The van der Waals surface area contributed by atoms with Gasteiger partial charge in [0.05, 0.1) is 0 Å². The molecule has 2 N–H and O–H groups in total. The Morgan fingerprint density at radius 2 is 2.10 bits per heavy atom. The summed E-state index contributed by atoms with van der Waals surface area (Å²) >= 11 is 0. The van der Waals surface area contributed by atoms with E-state index in [1.54, 1.807) is 0 Å². The van der Waals surface area contributed by atoms with E-state index >= 15 is 0 Å². The van der Waals surface area contributed by atoms with Gasteiger partial charge in [0.15, 0.2) is 0 Å². The molecule has 21 heavy (non-hydrogen) atoms. The van der Waals surface area contributed by atoms with E-state index in [1.165, 1.54) is 12.8 Å². The van der Waals surface area contributed by atoms with Gasteiger partial charge in [0, 0.05) is 37.7 Å². The normalized spacial score (nSPS) is 22.4. The fraction of sp³-hybridized carbons (Fsp3) is 0.750. The molecule has 0 aromatic carbocycles. The van der Waals surface area contributed by atoms with Crippen molar-refractivity contribution in [2.75, 3.05) is 36.5 Å². The highest BCUT2D eigenvalue weighted by atomic mass is 16.3. The molecule has 2 fully saturated rings. The van der Waals surface area contributed by atoms with Crippen molar-refractivity contribution in [3.8, 4) is 0 Å². The zero-order valence-electron chi connectivity index (χ0n) is 13.1. The van der Waals surface area contributed by atoms with Gasteiger partial charge in [-0.2, -0.15) is 0 Å². The maximum Gasteiger partial charge on any atom is 0.137 e. The smallest absolute Gasteiger partial charge is 0.137 e. The van der Waals surface area contributed by atoms with Gasteiger partial charge >= 0.3 is 0 Å². The highest BCUT2D eigenvalue weighted by molar-refractivity contribution is 5.59. The molecule has 0 amide bonds. The van der Waals surface area contributed by atoms with Gasteiger partial charge in [-0.3, -0.25) is 0 Å². The van der Waals surface area contributed by atoms with Gasteiger partial charge in [0.1, 0.15) is 17.5 Å². The molecule has 1 atom stereocenters. The molecule has 116 valence electrons. The molecule has 3 rings (SSSR count). The number of hydrogen-bond donors (Lipinski definition) is 2. The fourth-order valence-corrected chi connectivity index (χ4v) is 3.10. The van der Waals surface area contributed by atoms with E-state index < -0.39 is 0 Å². The van der Waals surface area contributed by atoms with Crippen molar-refractivity contribution in [3.63, 3.8) is 0 Å². The van der Waals surface area contributed by atoms with Crippen LogP contribution in [0.5, 0.6) is 0 Å². The standard InChI is InChI=1S/C16H26N4O/c1-3-17-14-11(2)16(19-15(18-14)13-6-7-13)20-8-4-5-12(9-20)10-21/h12-13,21H,3-10H2,1-2H3,(H,17,18,19). The van der Waals surface area contributed by atoms with Crippen LogP contribution in [0.25, 0.3) is 0 Å². The molecule has 0 radical (unpaired) electrons. The first-order valence-electron chi connectivity index (χ1n) is 8.21. The summed E-state index contributed by atoms with van der Waals surface area (Å²) in [7, 11) is 0. The quantitative estimate of drug-likeness (QED) is 0.871. The van der Waals surface area contributed by atoms with E-state index in [4.69, 9.17) is 9.97 Å². The van der Waals surface area contributed by atoms with Crippen LogP contribution in [0.15, 0.2) is 0 Å². The molecule has 1 unspecified atom stereocenters. The van der Waals surface area contributed by atoms with Gasteiger partial charge in [-0.15, -0.1) is 0 Å². The number of aromatic nitrogens is 2. The lowest BCUT2D eigenvalue weighted by atomic mass is 9.99. The van der Waals surface area contributed by atoms with Crippen LogP contribution in [0.1, 0.15) is 49.9 Å². The molecule has 1 saturated heterocycles. The molecule has 1 aliphatic carbocycles. The molecule has 1 aliphatic heterocycles. The topological polar surface area (TPSA) is 61.3 Å². The number of rotatable bonds is 5. The second-order valence-corrected chi connectivity index (χ2v) is 6.32. The molecular weight excluding hydrogens is 264 g/mol. The third-order valence-corrected chi connectivity index (χ3v) is 4.50. The summed E-state index contributed by atoms with van der Waals surface area (Å²) in [6.07, 6.45) is 4.68. The maximum atomic E-state index is 9.44. The molecule has 0 bridgehead atoms. The third kappa shape index (κ3) is 3.12. The van der Waals surface area contributed by atoms with Crippen LogP contribution in [0.2, 0.25) is 0 Å². The third-order valence-electron chi connectivity index (χ3n) is 4.50. The van der Waals surface area contributed by atoms with Gasteiger partial charge in [0.2, 0.25) is 0 Å². The Labute approximate surface area is 126 Å². The Bertz CT molecular complexity index is 501. The summed E-state index contributed by atoms with van der Waals surface area (Å²) in [6.45, 7) is 7.29. The van der Waals surface area contributed by atoms with Gasteiger partial charge in [-0.1, -0.05) is 0 Å². The number of hydrogen-bond acceptors (Lipinski definition) is 5. The van der Waals surface area contributed by atoms with Crippen molar-refractivity contribution in [3.05, 3.63) is 11.4 Å². The van der Waals surface area contributed by atoms with Crippen molar-refractivity contribution >= 4 is 11.6 Å². The number of aliphatic hydroxyl groups is 1. The van der Waals surface area contributed by atoms with Crippen LogP contribution in [0.4, 0.5) is 11.6 Å². The van der Waals surface area contributed by atoms with E-state index in [0.29, 0.717) is 11.8 Å². The Morgan fingerprint density at radius 1 is 1.29 bits per heavy atom. The predicted octanol–water partition coefficient (Wildman–Crippen LogP) is 2.30. The van der Waals surface area contributed by atoms with Crippen molar-refractivity contribution in [1.29, 1.82) is 0 Å². The van der Waals surface area contributed by atoms with E-state index in [9.17, 15) is 5.11 Å². The lowest BCUT2D eigenvalue weighted by Gasteiger charge is -2.34. The van der Waals surface area contributed by atoms with Gasteiger partial charge < -0.3 is 15.3 Å². The Morgan fingerprint density at radius 3 is 2.76 bits per heavy atom. The maximum absolute atomic E-state index is 9.44. The molecule has 1 saturated carbocycles. The molecular formula is C16H26N4O. The van der Waals surface area contributed by atoms with Crippen LogP contribution in [0, 0.1) is 12.8 Å². The van der Waals surface area contributed by atoms with Gasteiger partial charge in [-0.05, 0) is 45.4 Å². The molecule has 1 aromatic rings. The summed E-state index contributed by atoms with van der Waals surface area (Å²) < 4.78 is 0. The minimum atomic E-state index is 0.274. The molecule has 5 heteroatoms.